The van der Waals surface area contributed by atoms with Gasteiger partial charge in [-0.15, -0.1) is 0 Å². The van der Waals surface area contributed by atoms with Gasteiger partial charge in [0.15, 0.2) is 5.96 Å². The van der Waals surface area contributed by atoms with Crippen molar-refractivity contribution in [2.75, 3.05) is 0 Å². The Labute approximate surface area is 77.5 Å². The van der Waals surface area contributed by atoms with Crippen molar-refractivity contribution < 1.29 is 0 Å². The van der Waals surface area contributed by atoms with Gasteiger partial charge in [-0.25, -0.2) is 9.98 Å². The molecule has 5 nitrogen and oxygen atoms in total. The Morgan fingerprint density at radius 3 is 3.08 bits per heavy atom. The second-order valence-corrected chi connectivity index (χ2v) is 3.04. The van der Waals surface area contributed by atoms with Crippen LogP contribution in [0.2, 0.25) is 0 Å². The lowest BCUT2D eigenvalue weighted by Crippen LogP contribution is -2.36. The number of H-pyrrole nitrogens is 1. The number of hydrogen-bond donors (Lipinski definition) is 3. The first-order valence-corrected chi connectivity index (χ1v) is 4.23. The van der Waals surface area contributed by atoms with Gasteiger partial charge in [0.05, 0.1) is 0 Å². The lowest BCUT2D eigenvalue weighted by Gasteiger charge is -2.07. The molecule has 0 aliphatic rings. The van der Waals surface area contributed by atoms with Crippen molar-refractivity contribution in [3.8, 4) is 0 Å². The van der Waals surface area contributed by atoms with Crippen LogP contribution >= 0.6 is 0 Å². The Kier molecular flexibility index (Phi) is 3.31. The van der Waals surface area contributed by atoms with E-state index in [2.05, 4.69) is 20.3 Å². The molecule has 0 bridgehead atoms. The average Bonchev–Trinajstić information content (AvgIpc) is 2.51. The summed E-state index contributed by atoms with van der Waals surface area (Å²) in [7, 11) is 0. The maximum absolute atomic E-state index is 5.59. The Bertz CT molecular complexity index is 262. The van der Waals surface area contributed by atoms with E-state index in [9.17, 15) is 0 Å². The number of nitrogens with zero attached hydrogens (tertiary/aromatic N) is 2. The van der Waals surface area contributed by atoms with Crippen molar-refractivity contribution in [3.05, 3.63) is 18.2 Å². The molecule has 1 aromatic rings. The lowest BCUT2D eigenvalue weighted by atomic mass is 10.4. The smallest absolute Gasteiger partial charge is 0.189 e. The summed E-state index contributed by atoms with van der Waals surface area (Å²) >= 11 is 0. The summed E-state index contributed by atoms with van der Waals surface area (Å²) in [6.45, 7) is 4.50. The van der Waals surface area contributed by atoms with Gasteiger partial charge in [-0.1, -0.05) is 0 Å². The number of nitrogens with one attached hydrogen (secondary N) is 2. The van der Waals surface area contributed by atoms with Gasteiger partial charge in [-0.2, -0.15) is 0 Å². The standard InChI is InChI=1S/C8H15N5/c1-6(2)13-8(9)12-5-7-10-3-4-11-7/h3-4,6H,5H2,1-2H3,(H,10,11)(H3,9,12,13). The van der Waals surface area contributed by atoms with Gasteiger partial charge in [-0.05, 0) is 13.8 Å². The normalized spacial score (nSPS) is 12.1. The highest BCUT2D eigenvalue weighted by molar-refractivity contribution is 5.77. The molecular formula is C8H15N5. The van der Waals surface area contributed by atoms with E-state index in [1.807, 2.05) is 13.8 Å². The Balaban J connectivity index is 2.39. The molecule has 72 valence electrons. The van der Waals surface area contributed by atoms with E-state index in [-0.39, 0.29) is 0 Å². The number of hydrogen-bond acceptors (Lipinski definition) is 2. The zero-order valence-electron chi connectivity index (χ0n) is 7.91. The van der Waals surface area contributed by atoms with Crippen LogP contribution < -0.4 is 11.1 Å². The summed E-state index contributed by atoms with van der Waals surface area (Å²) in [6, 6.07) is 0.306. The van der Waals surface area contributed by atoms with Gasteiger partial charge in [-0.3, -0.25) is 0 Å². The average molecular weight is 181 g/mol. The summed E-state index contributed by atoms with van der Waals surface area (Å²) in [4.78, 5) is 11.1. The molecule has 0 aromatic carbocycles. The molecule has 1 rings (SSSR count). The molecule has 1 heterocycles. The molecule has 0 aliphatic carbocycles. The van der Waals surface area contributed by atoms with Gasteiger partial charge in [0, 0.05) is 18.4 Å². The minimum Gasteiger partial charge on any atom is -0.370 e. The summed E-state index contributed by atoms with van der Waals surface area (Å²) in [6.07, 6.45) is 3.45. The van der Waals surface area contributed by atoms with E-state index in [0.717, 1.165) is 5.82 Å². The summed E-state index contributed by atoms with van der Waals surface area (Å²) in [5.74, 6) is 1.26. The van der Waals surface area contributed by atoms with Crippen LogP contribution in [0.25, 0.3) is 0 Å². The maximum atomic E-state index is 5.59. The van der Waals surface area contributed by atoms with Gasteiger partial charge in [0.2, 0.25) is 0 Å². The van der Waals surface area contributed by atoms with Crippen molar-refractivity contribution in [3.63, 3.8) is 0 Å². The third kappa shape index (κ3) is 3.59. The zero-order chi connectivity index (χ0) is 9.68. The molecule has 0 radical (unpaired) electrons. The molecular weight excluding hydrogens is 166 g/mol. The van der Waals surface area contributed by atoms with Crippen LogP contribution in [0, 0.1) is 0 Å². The number of aromatic amines is 1. The number of nitrogens with two attached hydrogens (primary N) is 1. The predicted molar refractivity (Wildman–Crippen MR) is 52.2 cm³/mol. The van der Waals surface area contributed by atoms with E-state index < -0.39 is 0 Å². The first kappa shape index (κ1) is 9.57. The summed E-state index contributed by atoms with van der Waals surface area (Å²) in [5, 5.41) is 2.99. The molecule has 0 atom stereocenters. The Hall–Kier alpha value is -1.52. The van der Waals surface area contributed by atoms with Crippen LogP contribution in [0.15, 0.2) is 17.4 Å². The van der Waals surface area contributed by atoms with E-state index in [1.54, 1.807) is 12.4 Å². The third-order valence-electron chi connectivity index (χ3n) is 1.39. The number of rotatable bonds is 3. The van der Waals surface area contributed by atoms with Crippen molar-refractivity contribution >= 4 is 5.96 Å². The Morgan fingerprint density at radius 1 is 1.77 bits per heavy atom. The largest absolute Gasteiger partial charge is 0.370 e. The maximum Gasteiger partial charge on any atom is 0.189 e. The molecule has 0 saturated carbocycles. The molecule has 0 unspecified atom stereocenters. The summed E-state index contributed by atoms with van der Waals surface area (Å²) in [5.41, 5.74) is 5.59. The van der Waals surface area contributed by atoms with E-state index in [0.29, 0.717) is 18.5 Å². The minimum atomic E-state index is 0.306. The van der Waals surface area contributed by atoms with Crippen LogP contribution in [0.5, 0.6) is 0 Å². The number of aliphatic imine (C=N–C) groups is 1. The monoisotopic (exact) mass is 181 g/mol. The Morgan fingerprint density at radius 2 is 2.54 bits per heavy atom. The number of guanidine groups is 1. The third-order valence-corrected chi connectivity index (χ3v) is 1.39. The van der Waals surface area contributed by atoms with Crippen molar-refractivity contribution in [2.45, 2.75) is 26.4 Å². The number of aromatic nitrogens is 2. The SMILES string of the molecule is CC(C)NC(N)=NCc1ncc[nH]1. The van der Waals surface area contributed by atoms with Crippen LogP contribution in [0.4, 0.5) is 0 Å². The highest BCUT2D eigenvalue weighted by Gasteiger charge is 1.95. The van der Waals surface area contributed by atoms with Crippen molar-refractivity contribution in [2.24, 2.45) is 10.7 Å². The molecule has 0 fully saturated rings. The first-order chi connectivity index (χ1) is 6.18. The van der Waals surface area contributed by atoms with E-state index in [1.165, 1.54) is 0 Å². The van der Waals surface area contributed by atoms with E-state index >= 15 is 0 Å². The summed E-state index contributed by atoms with van der Waals surface area (Å²) < 4.78 is 0. The van der Waals surface area contributed by atoms with Gasteiger partial charge in [0.1, 0.15) is 12.4 Å². The molecule has 4 N–H and O–H groups in total. The topological polar surface area (TPSA) is 79.1 Å². The van der Waals surface area contributed by atoms with E-state index in [4.69, 9.17) is 5.73 Å². The first-order valence-electron chi connectivity index (χ1n) is 4.23. The van der Waals surface area contributed by atoms with Gasteiger partial charge in [0.25, 0.3) is 0 Å². The fraction of sp³-hybridized carbons (Fsp3) is 0.500. The quantitative estimate of drug-likeness (QED) is 0.461. The highest BCUT2D eigenvalue weighted by Crippen LogP contribution is 1.90. The molecule has 0 amide bonds. The molecule has 0 aliphatic heterocycles. The van der Waals surface area contributed by atoms with Crippen LogP contribution in [0.1, 0.15) is 19.7 Å². The fourth-order valence-corrected chi connectivity index (χ4v) is 0.886. The second-order valence-electron chi connectivity index (χ2n) is 3.04. The van der Waals surface area contributed by atoms with Gasteiger partial charge >= 0.3 is 0 Å². The lowest BCUT2D eigenvalue weighted by molar-refractivity contribution is 0.722. The minimum absolute atomic E-state index is 0.306. The van der Waals surface area contributed by atoms with Crippen LogP contribution in [0.3, 0.4) is 0 Å². The molecule has 1 aromatic heterocycles. The fourth-order valence-electron chi connectivity index (χ4n) is 0.886. The molecule has 0 saturated heterocycles. The molecule has 13 heavy (non-hydrogen) atoms. The molecule has 0 spiro atoms. The zero-order valence-corrected chi connectivity index (χ0v) is 7.91. The van der Waals surface area contributed by atoms with Crippen LogP contribution in [-0.4, -0.2) is 22.0 Å². The predicted octanol–water partition coefficient (Wildman–Crippen LogP) is 0.222. The van der Waals surface area contributed by atoms with Crippen molar-refractivity contribution in [1.82, 2.24) is 15.3 Å². The highest BCUT2D eigenvalue weighted by atomic mass is 15.1. The van der Waals surface area contributed by atoms with Gasteiger partial charge < -0.3 is 16.0 Å². The van der Waals surface area contributed by atoms with Crippen molar-refractivity contribution in [1.29, 1.82) is 0 Å². The number of imidazole rings is 1. The second kappa shape index (κ2) is 4.49. The van der Waals surface area contributed by atoms with Crippen LogP contribution in [-0.2, 0) is 6.54 Å². The molecule has 5 heteroatoms.